The van der Waals surface area contributed by atoms with Crippen LogP contribution in [0.5, 0.6) is 0 Å². The fourth-order valence-corrected chi connectivity index (χ4v) is 5.54. The molecule has 148 valence electrons. The zero-order chi connectivity index (χ0) is 19.8. The van der Waals surface area contributed by atoms with Gasteiger partial charge >= 0.3 is 0 Å². The number of nitrogens with zero attached hydrogens (tertiary/aromatic N) is 2. The monoisotopic (exact) mass is 487 g/mol. The first-order valence-electron chi connectivity index (χ1n) is 8.72. The summed E-state index contributed by atoms with van der Waals surface area (Å²) in [6, 6.07) is 10.4. The van der Waals surface area contributed by atoms with Crippen LogP contribution in [0, 0.1) is 0 Å². The Morgan fingerprint density at radius 3 is 2.57 bits per heavy atom. The van der Waals surface area contributed by atoms with Crippen molar-refractivity contribution in [1.29, 1.82) is 0 Å². The fraction of sp³-hybridized carbons (Fsp3) is 0.263. The number of hydrogen-bond donors (Lipinski definition) is 1. The molecule has 1 saturated heterocycles. The van der Waals surface area contributed by atoms with E-state index in [1.54, 1.807) is 30.3 Å². The molecule has 1 fully saturated rings. The van der Waals surface area contributed by atoms with E-state index in [1.165, 1.54) is 10.2 Å². The minimum Gasteiger partial charge on any atom is -0.368 e. The molecule has 1 N–H and O–H groups in total. The molecule has 9 heteroatoms. The first-order chi connectivity index (χ1) is 13.5. The van der Waals surface area contributed by atoms with E-state index < -0.39 is 17.4 Å². The Balaban J connectivity index is 1.95. The average molecular weight is 489 g/mol. The van der Waals surface area contributed by atoms with Crippen LogP contribution in [0.25, 0.3) is 10.9 Å². The molecule has 3 aromatic rings. The van der Waals surface area contributed by atoms with Crippen molar-refractivity contribution < 1.29 is 13.0 Å². The smallest absolute Gasteiger partial charge is 0.266 e. The van der Waals surface area contributed by atoms with Gasteiger partial charge in [0, 0.05) is 58.5 Å². The van der Waals surface area contributed by atoms with Crippen LogP contribution >= 0.6 is 27.5 Å². The first-order valence-corrected chi connectivity index (χ1v) is 11.0. The number of hydrogen-bond acceptors (Lipinski definition) is 3. The summed E-state index contributed by atoms with van der Waals surface area (Å²) >= 11 is 9.72. The molecular formula is C19H17BrClF2N3OS. The first kappa shape index (κ1) is 19.8. The van der Waals surface area contributed by atoms with Gasteiger partial charge in [-0.1, -0.05) is 23.7 Å². The lowest BCUT2D eigenvalue weighted by atomic mass is 10.1. The number of anilines is 1. The third kappa shape index (κ3) is 3.58. The Morgan fingerprint density at radius 2 is 1.89 bits per heavy atom. The van der Waals surface area contributed by atoms with Gasteiger partial charge in [-0.25, -0.2) is 13.0 Å². The van der Waals surface area contributed by atoms with E-state index in [9.17, 15) is 13.0 Å². The summed E-state index contributed by atoms with van der Waals surface area (Å²) in [5.74, 6) is 0. The minimum atomic E-state index is -2.69. The highest BCUT2D eigenvalue weighted by Gasteiger charge is 2.25. The highest BCUT2D eigenvalue weighted by molar-refractivity contribution is 9.10. The summed E-state index contributed by atoms with van der Waals surface area (Å²) in [6.45, 7) is 2.91. The summed E-state index contributed by atoms with van der Waals surface area (Å²) in [7, 11) is -1.70. The number of alkyl halides is 2. The van der Waals surface area contributed by atoms with Crippen molar-refractivity contribution in [3.05, 3.63) is 57.7 Å². The van der Waals surface area contributed by atoms with E-state index in [0.717, 1.165) is 13.1 Å². The molecule has 2 aromatic carbocycles. The molecule has 1 aliphatic heterocycles. The lowest BCUT2D eigenvalue weighted by Crippen LogP contribution is -2.43. The van der Waals surface area contributed by atoms with Crippen molar-refractivity contribution in [3.63, 3.8) is 0 Å². The van der Waals surface area contributed by atoms with Crippen LogP contribution in [-0.4, -0.2) is 34.4 Å². The second kappa shape index (κ2) is 8.10. The van der Waals surface area contributed by atoms with E-state index in [4.69, 9.17) is 11.6 Å². The molecule has 4 nitrogen and oxygen atoms in total. The molecule has 1 atom stereocenters. The van der Waals surface area contributed by atoms with Crippen LogP contribution in [0.1, 0.15) is 12.0 Å². The van der Waals surface area contributed by atoms with Crippen molar-refractivity contribution in [2.75, 3.05) is 31.1 Å². The van der Waals surface area contributed by atoms with Crippen LogP contribution in [0.3, 0.4) is 0 Å². The predicted octanol–water partition coefficient (Wildman–Crippen LogP) is 4.98. The highest BCUT2D eigenvalue weighted by atomic mass is 79.9. The van der Waals surface area contributed by atoms with Gasteiger partial charge in [-0.05, 0) is 40.2 Å². The van der Waals surface area contributed by atoms with Crippen molar-refractivity contribution >= 4 is 55.1 Å². The Morgan fingerprint density at radius 1 is 1.18 bits per heavy atom. The maximum Gasteiger partial charge on any atom is 0.266 e. The second-order valence-electron chi connectivity index (χ2n) is 6.45. The van der Waals surface area contributed by atoms with Crippen LogP contribution in [0.2, 0.25) is 5.02 Å². The molecule has 1 unspecified atom stereocenters. The van der Waals surface area contributed by atoms with E-state index in [-0.39, 0.29) is 5.56 Å². The molecule has 0 radical (unpaired) electrons. The Labute approximate surface area is 177 Å². The molecule has 0 aliphatic carbocycles. The summed E-state index contributed by atoms with van der Waals surface area (Å²) in [6.07, 6.45) is -1.41. The van der Waals surface area contributed by atoms with Gasteiger partial charge in [-0.15, -0.1) is 0 Å². The number of fused-ring (bicyclic) bond motifs is 1. The summed E-state index contributed by atoms with van der Waals surface area (Å²) in [5, 5.41) is 4.08. The quantitative estimate of drug-likeness (QED) is 0.563. The van der Waals surface area contributed by atoms with Gasteiger partial charge in [0.2, 0.25) is 0 Å². The SMILES string of the molecule is O=S(c1ccccc1Br)n1cc(C(F)F)c2c(N3CCNCC3)cc(Cl)cc21. The van der Waals surface area contributed by atoms with E-state index in [2.05, 4.69) is 21.2 Å². The number of rotatable bonds is 4. The third-order valence-electron chi connectivity index (χ3n) is 4.74. The predicted molar refractivity (Wildman–Crippen MR) is 113 cm³/mol. The zero-order valence-electron chi connectivity index (χ0n) is 14.7. The van der Waals surface area contributed by atoms with Gasteiger partial charge in [-0.3, -0.25) is 3.97 Å². The van der Waals surface area contributed by atoms with Gasteiger partial charge in [-0.2, -0.15) is 0 Å². The van der Waals surface area contributed by atoms with Crippen LogP contribution < -0.4 is 10.2 Å². The fourth-order valence-electron chi connectivity index (χ4n) is 3.46. The van der Waals surface area contributed by atoms with Gasteiger partial charge in [0.05, 0.1) is 10.4 Å². The number of halogens is 4. The molecule has 2 heterocycles. The van der Waals surface area contributed by atoms with Gasteiger partial charge < -0.3 is 10.2 Å². The number of nitrogens with one attached hydrogen (secondary N) is 1. The maximum absolute atomic E-state index is 13.9. The topological polar surface area (TPSA) is 37.3 Å². The summed E-state index contributed by atoms with van der Waals surface area (Å²) < 4.78 is 43.1. The molecule has 0 saturated carbocycles. The number of aromatic nitrogens is 1. The Kier molecular flexibility index (Phi) is 5.73. The van der Waals surface area contributed by atoms with E-state index in [0.29, 0.717) is 44.1 Å². The van der Waals surface area contributed by atoms with Crippen molar-refractivity contribution in [2.24, 2.45) is 0 Å². The van der Waals surface area contributed by atoms with Crippen LogP contribution in [0.15, 0.2) is 52.0 Å². The van der Waals surface area contributed by atoms with E-state index in [1.807, 2.05) is 11.0 Å². The van der Waals surface area contributed by atoms with Gasteiger partial charge in [0.15, 0.2) is 11.0 Å². The zero-order valence-corrected chi connectivity index (χ0v) is 17.8. The maximum atomic E-state index is 13.9. The lowest BCUT2D eigenvalue weighted by molar-refractivity contribution is 0.153. The second-order valence-corrected chi connectivity index (χ2v) is 9.07. The Bertz CT molecular complexity index is 1050. The van der Waals surface area contributed by atoms with Crippen molar-refractivity contribution in [1.82, 2.24) is 9.29 Å². The molecule has 28 heavy (non-hydrogen) atoms. The number of benzene rings is 2. The molecule has 4 rings (SSSR count). The lowest BCUT2D eigenvalue weighted by Gasteiger charge is -2.30. The average Bonchev–Trinajstić information content (AvgIpc) is 3.07. The van der Waals surface area contributed by atoms with E-state index >= 15 is 0 Å². The molecular weight excluding hydrogens is 472 g/mol. The molecule has 0 spiro atoms. The molecule has 0 bridgehead atoms. The highest BCUT2D eigenvalue weighted by Crippen LogP contribution is 2.40. The minimum absolute atomic E-state index is 0.138. The van der Waals surface area contributed by atoms with Crippen molar-refractivity contribution in [3.8, 4) is 0 Å². The van der Waals surface area contributed by atoms with Crippen LogP contribution in [0.4, 0.5) is 14.5 Å². The third-order valence-corrected chi connectivity index (χ3v) is 7.30. The molecule has 0 amide bonds. The molecule has 1 aromatic heterocycles. The van der Waals surface area contributed by atoms with Gasteiger partial charge in [0.1, 0.15) is 0 Å². The van der Waals surface area contributed by atoms with Gasteiger partial charge in [0.25, 0.3) is 6.43 Å². The molecule has 1 aliphatic rings. The summed E-state index contributed by atoms with van der Waals surface area (Å²) in [5.41, 5.74) is 0.952. The normalized spacial score (nSPS) is 16.1. The Hall–Kier alpha value is -1.48. The largest absolute Gasteiger partial charge is 0.368 e. The standard InChI is InChI=1S/C19H17BrClF2N3OS/c20-14-3-1-2-4-17(14)28(27)26-11-13(19(22)23)18-15(9-12(21)10-16(18)26)25-7-5-24-6-8-25/h1-4,9-11,19,24H,5-8H2. The number of piperazine rings is 1. The summed E-state index contributed by atoms with van der Waals surface area (Å²) in [4.78, 5) is 2.55. The van der Waals surface area contributed by atoms with Crippen molar-refractivity contribution in [2.45, 2.75) is 11.3 Å². The van der Waals surface area contributed by atoms with Crippen LogP contribution in [-0.2, 0) is 11.0 Å².